The minimum atomic E-state index is -1.61. The van der Waals surface area contributed by atoms with Crippen LogP contribution in [0.15, 0.2) is 36.9 Å². The van der Waals surface area contributed by atoms with Crippen LogP contribution in [0, 0.1) is 18.6 Å². The van der Waals surface area contributed by atoms with Crippen molar-refractivity contribution >= 4 is 6.08 Å². The van der Waals surface area contributed by atoms with E-state index in [0.717, 1.165) is 6.08 Å². The molecule has 1 heterocycles. The largest absolute Gasteiger partial charge is 0.394 e. The predicted molar refractivity (Wildman–Crippen MR) is 105 cm³/mol. The summed E-state index contributed by atoms with van der Waals surface area (Å²) in [4.78, 5) is 0. The first-order chi connectivity index (χ1) is 14.2. The molecule has 1 saturated heterocycles. The highest BCUT2D eigenvalue weighted by Gasteiger charge is 2.46. The molecule has 8 heteroatoms. The van der Waals surface area contributed by atoms with E-state index in [2.05, 4.69) is 6.58 Å². The van der Waals surface area contributed by atoms with E-state index in [4.69, 9.17) is 4.74 Å². The first-order valence-electron chi connectivity index (χ1n) is 9.40. The van der Waals surface area contributed by atoms with Gasteiger partial charge in [0.25, 0.3) is 0 Å². The fourth-order valence-electron chi connectivity index (χ4n) is 3.70. The molecular weight excluding hydrogens is 398 g/mol. The summed E-state index contributed by atoms with van der Waals surface area (Å²) in [5.41, 5.74) is 1.49. The molecule has 5 N–H and O–H groups in total. The van der Waals surface area contributed by atoms with E-state index in [9.17, 15) is 34.3 Å². The Bertz CT molecular complexity index is 909. The molecule has 0 saturated carbocycles. The standard InChI is InChI=1S/C22H24F2O6/c1-3-13-15(23)7-12(8-16(13)24)11-4-5-14(10(2)6-11)18(26)22-21(29)20(28)19(27)17(9-25)30-22/h3-8,17-22,25-29H,1,9H2,2H3/t17?,18-,19-,20?,21?,22-/m1/s1. The lowest BCUT2D eigenvalue weighted by Gasteiger charge is -2.42. The van der Waals surface area contributed by atoms with Gasteiger partial charge in [-0.05, 0) is 41.3 Å². The molecule has 1 fully saturated rings. The van der Waals surface area contributed by atoms with E-state index >= 15 is 0 Å². The summed E-state index contributed by atoms with van der Waals surface area (Å²) in [7, 11) is 0. The lowest BCUT2D eigenvalue weighted by Crippen LogP contribution is -2.59. The number of benzene rings is 2. The molecule has 162 valence electrons. The van der Waals surface area contributed by atoms with Crippen molar-refractivity contribution in [3.05, 3.63) is 65.2 Å². The average Bonchev–Trinajstić information content (AvgIpc) is 2.71. The van der Waals surface area contributed by atoms with Crippen molar-refractivity contribution in [3.8, 4) is 11.1 Å². The second-order valence-electron chi connectivity index (χ2n) is 7.37. The normalized spacial score (nSPS) is 27.7. The SMILES string of the molecule is C=Cc1c(F)cc(-c2ccc([C@@H](O)[C@H]3OC(CO)[C@@H](O)C(O)C3O)c(C)c2)cc1F. The molecule has 6 nitrogen and oxygen atoms in total. The lowest BCUT2D eigenvalue weighted by molar-refractivity contribution is -0.250. The van der Waals surface area contributed by atoms with Gasteiger partial charge in [0, 0.05) is 5.56 Å². The third kappa shape index (κ3) is 4.02. The van der Waals surface area contributed by atoms with E-state index < -0.39 is 54.9 Å². The molecule has 1 aliphatic rings. The Morgan fingerprint density at radius 3 is 2.20 bits per heavy atom. The van der Waals surface area contributed by atoms with Crippen LogP contribution in [0.1, 0.15) is 22.8 Å². The van der Waals surface area contributed by atoms with Gasteiger partial charge in [-0.2, -0.15) is 0 Å². The van der Waals surface area contributed by atoms with Crippen molar-refractivity contribution in [3.63, 3.8) is 0 Å². The van der Waals surface area contributed by atoms with E-state index in [1.807, 2.05) is 0 Å². The van der Waals surface area contributed by atoms with Gasteiger partial charge in [-0.25, -0.2) is 8.78 Å². The first kappa shape index (κ1) is 22.5. The number of aryl methyl sites for hydroxylation is 1. The highest BCUT2D eigenvalue weighted by Crippen LogP contribution is 2.34. The Morgan fingerprint density at radius 2 is 1.67 bits per heavy atom. The Hall–Kier alpha value is -2.20. The molecule has 1 aliphatic heterocycles. The first-order valence-corrected chi connectivity index (χ1v) is 9.40. The number of aliphatic hydroxyl groups excluding tert-OH is 5. The summed E-state index contributed by atoms with van der Waals surface area (Å²) in [6.07, 6.45) is -7.46. The van der Waals surface area contributed by atoms with Gasteiger partial charge in [0.2, 0.25) is 0 Å². The molecular formula is C22H24F2O6. The van der Waals surface area contributed by atoms with Crippen LogP contribution in [0.2, 0.25) is 0 Å². The summed E-state index contributed by atoms with van der Waals surface area (Å²) in [5.74, 6) is -1.49. The molecule has 0 spiro atoms. The van der Waals surface area contributed by atoms with Gasteiger partial charge in [-0.15, -0.1) is 0 Å². The summed E-state index contributed by atoms with van der Waals surface area (Å²) < 4.78 is 33.5. The third-order valence-corrected chi connectivity index (χ3v) is 5.45. The van der Waals surface area contributed by atoms with Crippen molar-refractivity contribution in [2.75, 3.05) is 6.61 Å². The van der Waals surface area contributed by atoms with E-state index in [1.165, 1.54) is 18.2 Å². The average molecular weight is 422 g/mol. The van der Waals surface area contributed by atoms with Gasteiger partial charge in [0.05, 0.1) is 6.61 Å². The van der Waals surface area contributed by atoms with Crippen molar-refractivity contribution in [2.24, 2.45) is 0 Å². The molecule has 0 amide bonds. The predicted octanol–water partition coefficient (Wildman–Crippen LogP) is 1.46. The summed E-state index contributed by atoms with van der Waals surface area (Å²) in [6, 6.07) is 7.06. The molecule has 2 aromatic rings. The van der Waals surface area contributed by atoms with Crippen LogP contribution in [-0.4, -0.2) is 62.7 Å². The molecule has 30 heavy (non-hydrogen) atoms. The zero-order valence-corrected chi connectivity index (χ0v) is 16.2. The van der Waals surface area contributed by atoms with E-state index in [0.29, 0.717) is 22.3 Å². The zero-order chi connectivity index (χ0) is 22.2. The summed E-state index contributed by atoms with van der Waals surface area (Å²) >= 11 is 0. The molecule has 0 radical (unpaired) electrons. The van der Waals surface area contributed by atoms with Crippen molar-refractivity contribution in [1.29, 1.82) is 0 Å². The summed E-state index contributed by atoms with van der Waals surface area (Å²) in [5, 5.41) is 50.1. The monoisotopic (exact) mass is 422 g/mol. The maximum Gasteiger partial charge on any atom is 0.133 e. The minimum absolute atomic E-state index is 0.217. The van der Waals surface area contributed by atoms with Crippen molar-refractivity contribution in [1.82, 2.24) is 0 Å². The maximum absolute atomic E-state index is 14.1. The van der Waals surface area contributed by atoms with Gasteiger partial charge in [0.15, 0.2) is 0 Å². The fourth-order valence-corrected chi connectivity index (χ4v) is 3.70. The van der Waals surface area contributed by atoms with Crippen LogP contribution in [0.25, 0.3) is 17.2 Å². The Kier molecular flexibility index (Phi) is 6.66. The Labute approximate surface area is 172 Å². The van der Waals surface area contributed by atoms with Crippen molar-refractivity contribution < 1.29 is 39.1 Å². The number of ether oxygens (including phenoxy) is 1. The smallest absolute Gasteiger partial charge is 0.133 e. The van der Waals surface area contributed by atoms with Gasteiger partial charge in [-0.1, -0.05) is 30.9 Å². The number of halogens is 2. The molecule has 3 rings (SSSR count). The number of hydrogen-bond acceptors (Lipinski definition) is 6. The van der Waals surface area contributed by atoms with E-state index in [1.54, 1.807) is 19.1 Å². The molecule has 6 atom stereocenters. The molecule has 0 aromatic heterocycles. The van der Waals surface area contributed by atoms with Crippen LogP contribution in [0.5, 0.6) is 0 Å². The Morgan fingerprint density at radius 1 is 1.03 bits per heavy atom. The second kappa shape index (κ2) is 8.89. The third-order valence-electron chi connectivity index (χ3n) is 5.45. The minimum Gasteiger partial charge on any atom is -0.394 e. The highest BCUT2D eigenvalue weighted by atomic mass is 19.1. The van der Waals surface area contributed by atoms with E-state index in [-0.39, 0.29) is 5.56 Å². The highest BCUT2D eigenvalue weighted by molar-refractivity contribution is 5.67. The van der Waals surface area contributed by atoms with Crippen LogP contribution >= 0.6 is 0 Å². The number of aliphatic hydroxyl groups is 5. The molecule has 0 bridgehead atoms. The molecule has 3 unspecified atom stereocenters. The van der Waals surface area contributed by atoms with Crippen LogP contribution < -0.4 is 0 Å². The fraction of sp³-hybridized carbons (Fsp3) is 0.364. The molecule has 2 aromatic carbocycles. The van der Waals surface area contributed by atoms with Gasteiger partial charge in [-0.3, -0.25) is 0 Å². The van der Waals surface area contributed by atoms with Gasteiger partial charge < -0.3 is 30.3 Å². The molecule has 0 aliphatic carbocycles. The lowest BCUT2D eigenvalue weighted by atomic mass is 9.87. The van der Waals surface area contributed by atoms with Gasteiger partial charge in [0.1, 0.15) is 48.3 Å². The maximum atomic E-state index is 14.1. The van der Waals surface area contributed by atoms with Crippen LogP contribution in [-0.2, 0) is 4.74 Å². The van der Waals surface area contributed by atoms with Crippen molar-refractivity contribution in [2.45, 2.75) is 43.5 Å². The topological polar surface area (TPSA) is 110 Å². The summed E-state index contributed by atoms with van der Waals surface area (Å²) in [6.45, 7) is 4.44. The van der Waals surface area contributed by atoms with Crippen LogP contribution in [0.3, 0.4) is 0 Å². The van der Waals surface area contributed by atoms with Gasteiger partial charge >= 0.3 is 0 Å². The zero-order valence-electron chi connectivity index (χ0n) is 16.2. The quantitative estimate of drug-likeness (QED) is 0.499. The second-order valence-corrected chi connectivity index (χ2v) is 7.37. The van der Waals surface area contributed by atoms with Crippen LogP contribution in [0.4, 0.5) is 8.78 Å². The number of rotatable bonds is 5. The Balaban J connectivity index is 1.91. The number of hydrogen-bond donors (Lipinski definition) is 5.